The summed E-state index contributed by atoms with van der Waals surface area (Å²) in [4.78, 5) is 17.6. The van der Waals surface area contributed by atoms with Crippen LogP contribution in [0.4, 0.5) is 8.78 Å². The third-order valence-corrected chi connectivity index (χ3v) is 4.42. The van der Waals surface area contributed by atoms with Crippen LogP contribution in [0.3, 0.4) is 0 Å². The number of nitrogens with one attached hydrogen (secondary N) is 1. The fourth-order valence-corrected chi connectivity index (χ4v) is 3.18. The van der Waals surface area contributed by atoms with Gasteiger partial charge in [-0.1, -0.05) is 12.1 Å². The second-order valence-corrected chi connectivity index (χ2v) is 6.39. The predicted octanol–water partition coefficient (Wildman–Crippen LogP) is 2.65. The summed E-state index contributed by atoms with van der Waals surface area (Å²) in [6.07, 6.45) is 4.69. The molecule has 26 heavy (non-hydrogen) atoms. The lowest BCUT2D eigenvalue weighted by Gasteiger charge is -2.26. The Morgan fingerprint density at radius 1 is 1.31 bits per heavy atom. The highest BCUT2D eigenvalue weighted by molar-refractivity contribution is 5.78. The lowest BCUT2D eigenvalue weighted by Crippen LogP contribution is -2.38. The Hall–Kier alpha value is -2.54. The molecule has 0 aliphatic carbocycles. The van der Waals surface area contributed by atoms with Gasteiger partial charge in [-0.25, -0.2) is 8.78 Å². The minimum atomic E-state index is -0.726. The van der Waals surface area contributed by atoms with E-state index in [4.69, 9.17) is 4.74 Å². The van der Waals surface area contributed by atoms with Crippen LogP contribution in [0, 0.1) is 11.6 Å². The van der Waals surface area contributed by atoms with E-state index in [9.17, 15) is 13.6 Å². The summed E-state index contributed by atoms with van der Waals surface area (Å²) in [6.45, 7) is 1.38. The van der Waals surface area contributed by atoms with Crippen LogP contribution in [0.5, 0.6) is 5.75 Å². The van der Waals surface area contributed by atoms with Gasteiger partial charge < -0.3 is 10.1 Å². The Morgan fingerprint density at radius 2 is 2.15 bits per heavy atom. The highest BCUT2D eigenvalue weighted by Gasteiger charge is 2.24. The number of ether oxygens (including phenoxy) is 1. The van der Waals surface area contributed by atoms with E-state index in [-0.39, 0.29) is 24.2 Å². The van der Waals surface area contributed by atoms with Crippen molar-refractivity contribution in [2.75, 3.05) is 13.7 Å². The third kappa shape index (κ3) is 4.35. The molecule has 138 valence electrons. The average Bonchev–Trinajstić information content (AvgIpc) is 3.03. The number of aromatic nitrogens is 1. The molecular weight excluding hydrogens is 340 g/mol. The number of rotatable bonds is 7. The molecule has 1 fully saturated rings. The number of hydrogen-bond acceptors (Lipinski definition) is 4. The molecule has 3 rings (SSSR count). The molecule has 1 atom stereocenters. The summed E-state index contributed by atoms with van der Waals surface area (Å²) >= 11 is 0. The van der Waals surface area contributed by atoms with Gasteiger partial charge in [0, 0.05) is 50.1 Å². The standard InChI is InChI=1S/C19H21F2N3O2/c1-26-19-16(20)6-4-14(18(19)21)11-24(10-13-3-2-8-22-9-13)12-15-5-7-17(25)23-15/h2-4,6,8-9,15H,5,7,10-12H2,1H3,(H,23,25)/t15-/m0/s1. The maximum atomic E-state index is 14.5. The van der Waals surface area contributed by atoms with E-state index in [0.717, 1.165) is 12.0 Å². The fraction of sp³-hybridized carbons (Fsp3) is 0.368. The molecule has 1 aromatic heterocycles. The van der Waals surface area contributed by atoms with Crippen LogP contribution in [-0.2, 0) is 17.9 Å². The van der Waals surface area contributed by atoms with Gasteiger partial charge >= 0.3 is 0 Å². The zero-order chi connectivity index (χ0) is 18.5. The zero-order valence-corrected chi connectivity index (χ0v) is 14.5. The number of carbonyl (C=O) groups is 1. The molecule has 0 unspecified atom stereocenters. The van der Waals surface area contributed by atoms with Crippen molar-refractivity contribution in [3.05, 3.63) is 59.4 Å². The van der Waals surface area contributed by atoms with Gasteiger partial charge in [-0.3, -0.25) is 14.7 Å². The molecule has 1 aliphatic rings. The molecule has 0 radical (unpaired) electrons. The number of methoxy groups -OCH3 is 1. The van der Waals surface area contributed by atoms with Gasteiger partial charge in [-0.05, 0) is 24.1 Å². The molecule has 0 saturated carbocycles. The maximum absolute atomic E-state index is 14.5. The molecule has 1 aliphatic heterocycles. The highest BCUT2D eigenvalue weighted by atomic mass is 19.1. The topological polar surface area (TPSA) is 54.5 Å². The first kappa shape index (κ1) is 18.3. The van der Waals surface area contributed by atoms with Crippen LogP contribution in [0.15, 0.2) is 36.7 Å². The minimum absolute atomic E-state index is 0.0181. The molecule has 2 heterocycles. The molecule has 7 heteroatoms. The van der Waals surface area contributed by atoms with Crippen LogP contribution in [-0.4, -0.2) is 35.5 Å². The molecule has 0 bridgehead atoms. The average molecular weight is 361 g/mol. The summed E-state index contributed by atoms with van der Waals surface area (Å²) in [5.41, 5.74) is 1.32. The third-order valence-electron chi connectivity index (χ3n) is 4.42. The first-order valence-corrected chi connectivity index (χ1v) is 8.48. The molecule has 1 amide bonds. The predicted molar refractivity (Wildman–Crippen MR) is 92.4 cm³/mol. The molecule has 1 N–H and O–H groups in total. The van der Waals surface area contributed by atoms with Crippen LogP contribution in [0.25, 0.3) is 0 Å². The normalized spacial score (nSPS) is 16.8. The second kappa shape index (κ2) is 8.23. The van der Waals surface area contributed by atoms with E-state index in [2.05, 4.69) is 10.3 Å². The number of hydrogen-bond donors (Lipinski definition) is 1. The Morgan fingerprint density at radius 3 is 2.81 bits per heavy atom. The van der Waals surface area contributed by atoms with Gasteiger partial charge in [0.15, 0.2) is 17.4 Å². The number of halogens is 2. The number of nitrogens with zero attached hydrogens (tertiary/aromatic N) is 2. The van der Waals surface area contributed by atoms with Crippen molar-refractivity contribution < 1.29 is 18.3 Å². The van der Waals surface area contributed by atoms with E-state index in [1.165, 1.54) is 19.2 Å². The summed E-state index contributed by atoms with van der Waals surface area (Å²) in [6, 6.07) is 6.43. The lowest BCUT2D eigenvalue weighted by molar-refractivity contribution is -0.119. The van der Waals surface area contributed by atoms with E-state index < -0.39 is 11.6 Å². The summed E-state index contributed by atoms with van der Waals surface area (Å²) in [5, 5.41) is 2.93. The lowest BCUT2D eigenvalue weighted by atomic mass is 10.1. The van der Waals surface area contributed by atoms with Crippen LogP contribution in [0.1, 0.15) is 24.0 Å². The van der Waals surface area contributed by atoms with Crippen LogP contribution in [0.2, 0.25) is 0 Å². The van der Waals surface area contributed by atoms with Gasteiger partial charge in [-0.15, -0.1) is 0 Å². The molecule has 2 aromatic rings. The largest absolute Gasteiger partial charge is 0.491 e. The fourth-order valence-electron chi connectivity index (χ4n) is 3.18. The number of carbonyl (C=O) groups excluding carboxylic acids is 1. The highest BCUT2D eigenvalue weighted by Crippen LogP contribution is 2.26. The zero-order valence-electron chi connectivity index (χ0n) is 14.5. The van der Waals surface area contributed by atoms with Crippen molar-refractivity contribution in [2.45, 2.75) is 32.0 Å². The van der Waals surface area contributed by atoms with E-state index >= 15 is 0 Å². The van der Waals surface area contributed by atoms with Crippen molar-refractivity contribution in [3.8, 4) is 5.75 Å². The van der Waals surface area contributed by atoms with Gasteiger partial charge in [-0.2, -0.15) is 0 Å². The Bertz CT molecular complexity index is 771. The molecule has 5 nitrogen and oxygen atoms in total. The smallest absolute Gasteiger partial charge is 0.220 e. The SMILES string of the molecule is COc1c(F)ccc(CN(Cc2cccnc2)C[C@@H]2CCC(=O)N2)c1F. The summed E-state index contributed by atoms with van der Waals surface area (Å²) < 4.78 is 33.0. The van der Waals surface area contributed by atoms with Crippen molar-refractivity contribution >= 4 is 5.91 Å². The first-order chi connectivity index (χ1) is 12.6. The van der Waals surface area contributed by atoms with Gasteiger partial charge in [0.25, 0.3) is 0 Å². The Balaban J connectivity index is 1.79. The summed E-state index contributed by atoms with van der Waals surface area (Å²) in [7, 11) is 1.24. The van der Waals surface area contributed by atoms with Crippen LogP contribution >= 0.6 is 0 Å². The van der Waals surface area contributed by atoms with Crippen molar-refractivity contribution in [2.24, 2.45) is 0 Å². The van der Waals surface area contributed by atoms with Crippen molar-refractivity contribution in [3.63, 3.8) is 0 Å². The van der Waals surface area contributed by atoms with Gasteiger partial charge in [0.05, 0.1) is 7.11 Å². The second-order valence-electron chi connectivity index (χ2n) is 6.39. The Kier molecular flexibility index (Phi) is 5.78. The van der Waals surface area contributed by atoms with Gasteiger partial charge in [0.1, 0.15) is 0 Å². The van der Waals surface area contributed by atoms with Gasteiger partial charge in [0.2, 0.25) is 5.91 Å². The quantitative estimate of drug-likeness (QED) is 0.824. The van der Waals surface area contributed by atoms with E-state index in [1.54, 1.807) is 12.4 Å². The number of amides is 1. The number of benzene rings is 1. The molecular formula is C19H21F2N3O2. The molecule has 1 saturated heterocycles. The van der Waals surface area contributed by atoms with E-state index in [0.29, 0.717) is 25.1 Å². The Labute approximate surface area is 151 Å². The molecule has 0 spiro atoms. The van der Waals surface area contributed by atoms with E-state index in [1.807, 2.05) is 17.0 Å². The van der Waals surface area contributed by atoms with Crippen molar-refractivity contribution in [1.29, 1.82) is 0 Å². The summed E-state index contributed by atoms with van der Waals surface area (Å²) in [5.74, 6) is -1.77. The maximum Gasteiger partial charge on any atom is 0.220 e. The monoisotopic (exact) mass is 361 g/mol. The minimum Gasteiger partial charge on any atom is -0.491 e. The number of pyridine rings is 1. The van der Waals surface area contributed by atoms with Crippen molar-refractivity contribution in [1.82, 2.24) is 15.2 Å². The first-order valence-electron chi connectivity index (χ1n) is 8.48. The van der Waals surface area contributed by atoms with Crippen LogP contribution < -0.4 is 10.1 Å². The molecule has 1 aromatic carbocycles.